The first kappa shape index (κ1) is 14.4. The summed E-state index contributed by atoms with van der Waals surface area (Å²) in [7, 11) is 0. The van der Waals surface area contributed by atoms with Crippen molar-refractivity contribution >= 4 is 15.9 Å². The molecule has 0 saturated carbocycles. The van der Waals surface area contributed by atoms with Gasteiger partial charge in [0.1, 0.15) is 17.6 Å². The maximum atomic E-state index is 10.4. The Morgan fingerprint density at radius 2 is 2.05 bits per heavy atom. The Balaban J connectivity index is 1.94. The molecule has 1 heterocycles. The molecule has 0 radical (unpaired) electrons. The average molecular weight is 349 g/mol. The lowest BCUT2D eigenvalue weighted by molar-refractivity contribution is 0.0642. The minimum Gasteiger partial charge on any atom is -0.493 e. The molecule has 21 heavy (non-hydrogen) atoms. The van der Waals surface area contributed by atoms with Crippen LogP contribution in [0.2, 0.25) is 0 Å². The molecule has 1 unspecified atom stereocenters. The van der Waals surface area contributed by atoms with Crippen LogP contribution < -0.4 is 9.47 Å². The van der Waals surface area contributed by atoms with Gasteiger partial charge in [-0.3, -0.25) is 0 Å². The number of benzene rings is 2. The Hall–Kier alpha value is -1.52. The van der Waals surface area contributed by atoms with Gasteiger partial charge < -0.3 is 14.6 Å². The van der Waals surface area contributed by atoms with E-state index in [1.165, 1.54) is 0 Å². The number of ether oxygens (including phenoxy) is 2. The molecule has 110 valence electrons. The van der Waals surface area contributed by atoms with Crippen LogP contribution in [0.3, 0.4) is 0 Å². The minimum absolute atomic E-state index is 0.198. The van der Waals surface area contributed by atoms with Crippen LogP contribution in [0.15, 0.2) is 46.9 Å². The molecular formula is C17H17BrO3. The van der Waals surface area contributed by atoms with E-state index in [1.807, 2.05) is 49.4 Å². The van der Waals surface area contributed by atoms with Crippen molar-refractivity contribution in [1.82, 2.24) is 0 Å². The van der Waals surface area contributed by atoms with Gasteiger partial charge in [0.25, 0.3) is 0 Å². The third-order valence-corrected chi connectivity index (χ3v) is 4.10. The lowest BCUT2D eigenvalue weighted by atomic mass is 9.94. The fourth-order valence-electron chi connectivity index (χ4n) is 2.64. The summed E-state index contributed by atoms with van der Waals surface area (Å²) in [5.74, 6) is 1.55. The highest BCUT2D eigenvalue weighted by Gasteiger charge is 2.29. The molecule has 4 heteroatoms. The van der Waals surface area contributed by atoms with Crippen molar-refractivity contribution in [1.29, 1.82) is 0 Å². The molecular weight excluding hydrogens is 332 g/mol. The second-order valence-corrected chi connectivity index (χ2v) is 5.93. The van der Waals surface area contributed by atoms with E-state index in [1.54, 1.807) is 0 Å². The number of aliphatic hydroxyl groups excluding tert-OH is 1. The van der Waals surface area contributed by atoms with Crippen LogP contribution >= 0.6 is 15.9 Å². The van der Waals surface area contributed by atoms with Gasteiger partial charge in [-0.05, 0) is 31.2 Å². The van der Waals surface area contributed by atoms with Gasteiger partial charge in [-0.25, -0.2) is 0 Å². The number of para-hydroxylation sites is 1. The van der Waals surface area contributed by atoms with Gasteiger partial charge in [0.15, 0.2) is 0 Å². The van der Waals surface area contributed by atoms with Gasteiger partial charge >= 0.3 is 0 Å². The molecule has 3 rings (SSSR count). The van der Waals surface area contributed by atoms with Gasteiger partial charge in [-0.1, -0.05) is 34.1 Å². The Morgan fingerprint density at radius 1 is 1.24 bits per heavy atom. The molecule has 2 aromatic carbocycles. The van der Waals surface area contributed by atoms with Crippen molar-refractivity contribution in [2.45, 2.75) is 25.6 Å². The highest BCUT2D eigenvalue weighted by atomic mass is 79.9. The molecule has 0 fully saturated rings. The maximum absolute atomic E-state index is 10.4. The molecule has 2 aromatic rings. The monoisotopic (exact) mass is 348 g/mol. The number of fused-ring (bicyclic) bond motifs is 1. The summed E-state index contributed by atoms with van der Waals surface area (Å²) in [6, 6.07) is 13.5. The first-order valence-electron chi connectivity index (χ1n) is 7.05. The highest BCUT2D eigenvalue weighted by molar-refractivity contribution is 9.10. The standard InChI is InChI=1S/C17H17BrO3/c1-2-20-15-6-4-3-5-12(15)17-10-14(19)13-9-11(18)7-8-16(13)21-17/h3-9,14,17,19H,2,10H2,1H3/t14-,17?/m1/s1. The molecule has 0 aliphatic carbocycles. The molecule has 0 aromatic heterocycles. The molecule has 0 spiro atoms. The maximum Gasteiger partial charge on any atom is 0.130 e. The van der Waals surface area contributed by atoms with Crippen molar-refractivity contribution in [2.24, 2.45) is 0 Å². The topological polar surface area (TPSA) is 38.7 Å². The van der Waals surface area contributed by atoms with E-state index in [9.17, 15) is 5.11 Å². The van der Waals surface area contributed by atoms with E-state index in [0.717, 1.165) is 27.1 Å². The summed E-state index contributed by atoms with van der Waals surface area (Å²) in [5, 5.41) is 10.4. The lowest BCUT2D eigenvalue weighted by Crippen LogP contribution is -2.19. The van der Waals surface area contributed by atoms with E-state index in [0.29, 0.717) is 13.0 Å². The van der Waals surface area contributed by atoms with Crippen LogP contribution in [-0.4, -0.2) is 11.7 Å². The van der Waals surface area contributed by atoms with Crippen LogP contribution in [0, 0.1) is 0 Å². The summed E-state index contributed by atoms with van der Waals surface area (Å²) in [6.45, 7) is 2.57. The molecule has 1 aliphatic heterocycles. The zero-order chi connectivity index (χ0) is 14.8. The SMILES string of the molecule is CCOc1ccccc1C1C[C@@H](O)c2cc(Br)ccc2O1. The van der Waals surface area contributed by atoms with Gasteiger partial charge in [-0.15, -0.1) is 0 Å². The van der Waals surface area contributed by atoms with Gasteiger partial charge in [0.2, 0.25) is 0 Å². The van der Waals surface area contributed by atoms with E-state index in [-0.39, 0.29) is 6.10 Å². The number of hydrogen-bond donors (Lipinski definition) is 1. The molecule has 1 N–H and O–H groups in total. The second-order valence-electron chi connectivity index (χ2n) is 5.01. The first-order valence-corrected chi connectivity index (χ1v) is 7.84. The van der Waals surface area contributed by atoms with Crippen LogP contribution in [0.4, 0.5) is 0 Å². The Morgan fingerprint density at radius 3 is 2.86 bits per heavy atom. The van der Waals surface area contributed by atoms with Crippen molar-refractivity contribution in [3.8, 4) is 11.5 Å². The van der Waals surface area contributed by atoms with Crippen molar-refractivity contribution in [2.75, 3.05) is 6.61 Å². The van der Waals surface area contributed by atoms with Gasteiger partial charge in [-0.2, -0.15) is 0 Å². The highest BCUT2D eigenvalue weighted by Crippen LogP contribution is 2.43. The lowest BCUT2D eigenvalue weighted by Gasteiger charge is -2.30. The molecule has 2 atom stereocenters. The van der Waals surface area contributed by atoms with Gasteiger partial charge in [0.05, 0.1) is 12.7 Å². The summed E-state index contributed by atoms with van der Waals surface area (Å²) >= 11 is 3.42. The average Bonchev–Trinajstić information content (AvgIpc) is 2.49. The van der Waals surface area contributed by atoms with Crippen molar-refractivity contribution in [3.63, 3.8) is 0 Å². The quantitative estimate of drug-likeness (QED) is 0.892. The van der Waals surface area contributed by atoms with Crippen molar-refractivity contribution in [3.05, 3.63) is 58.1 Å². The Labute approximate surface area is 132 Å². The van der Waals surface area contributed by atoms with Crippen LogP contribution in [0.25, 0.3) is 0 Å². The van der Waals surface area contributed by atoms with E-state index in [2.05, 4.69) is 15.9 Å². The zero-order valence-corrected chi connectivity index (χ0v) is 13.3. The fourth-order valence-corrected chi connectivity index (χ4v) is 3.02. The fraction of sp³-hybridized carbons (Fsp3) is 0.294. The zero-order valence-electron chi connectivity index (χ0n) is 11.8. The molecule has 3 nitrogen and oxygen atoms in total. The number of hydrogen-bond acceptors (Lipinski definition) is 3. The number of halogens is 1. The van der Waals surface area contributed by atoms with Crippen LogP contribution in [-0.2, 0) is 0 Å². The summed E-state index contributed by atoms with van der Waals surface area (Å²) in [6.07, 6.45) is -0.213. The van der Waals surface area contributed by atoms with E-state index < -0.39 is 6.10 Å². The Bertz CT molecular complexity index is 642. The number of aliphatic hydroxyl groups is 1. The predicted octanol–water partition coefficient (Wildman–Crippen LogP) is 4.41. The van der Waals surface area contributed by atoms with E-state index in [4.69, 9.17) is 9.47 Å². The smallest absolute Gasteiger partial charge is 0.130 e. The van der Waals surface area contributed by atoms with Crippen molar-refractivity contribution < 1.29 is 14.6 Å². The molecule has 1 aliphatic rings. The molecule has 0 amide bonds. The third-order valence-electron chi connectivity index (χ3n) is 3.60. The number of rotatable bonds is 3. The third kappa shape index (κ3) is 2.92. The molecule has 0 saturated heterocycles. The summed E-state index contributed by atoms with van der Waals surface area (Å²) in [5.41, 5.74) is 1.81. The summed E-state index contributed by atoms with van der Waals surface area (Å²) < 4.78 is 12.7. The minimum atomic E-state index is -0.536. The van der Waals surface area contributed by atoms with Crippen LogP contribution in [0.1, 0.15) is 36.7 Å². The summed E-state index contributed by atoms with van der Waals surface area (Å²) in [4.78, 5) is 0. The second kappa shape index (κ2) is 6.08. The predicted molar refractivity (Wildman–Crippen MR) is 84.7 cm³/mol. The van der Waals surface area contributed by atoms with Gasteiger partial charge in [0, 0.05) is 22.0 Å². The largest absolute Gasteiger partial charge is 0.493 e. The normalized spacial score (nSPS) is 20.5. The molecule has 0 bridgehead atoms. The first-order chi connectivity index (χ1) is 10.2. The Kier molecular flexibility index (Phi) is 4.17. The van der Waals surface area contributed by atoms with Crippen LogP contribution in [0.5, 0.6) is 11.5 Å². The van der Waals surface area contributed by atoms with E-state index >= 15 is 0 Å².